The Hall–Kier alpha value is -3.80. The van der Waals surface area contributed by atoms with Gasteiger partial charge >= 0.3 is 11.9 Å². The molecular weight excluding hydrogens is 408 g/mol. The molecule has 166 valence electrons. The Bertz CT molecular complexity index is 1110. The molecule has 3 rings (SSSR count). The molecule has 0 saturated heterocycles. The standard InChI is InChI=1S/C26H26O6/c1-4-29-25(27)16-18(3)19-12-14-20(15-13-19)32-24-11-7-8-21-22(24)9-6-10-23(21)31-17-26(28)30-5-2/h6-16H,4-5,17H2,1-3H3. The van der Waals surface area contributed by atoms with Gasteiger partial charge in [-0.2, -0.15) is 0 Å². The zero-order valence-corrected chi connectivity index (χ0v) is 18.4. The molecule has 0 N–H and O–H groups in total. The van der Waals surface area contributed by atoms with Crippen LogP contribution in [-0.4, -0.2) is 31.8 Å². The van der Waals surface area contributed by atoms with Crippen molar-refractivity contribution < 1.29 is 28.5 Å². The van der Waals surface area contributed by atoms with Crippen LogP contribution in [0, 0.1) is 0 Å². The van der Waals surface area contributed by atoms with E-state index in [1.165, 1.54) is 6.08 Å². The van der Waals surface area contributed by atoms with Gasteiger partial charge in [0.1, 0.15) is 17.2 Å². The fourth-order valence-corrected chi connectivity index (χ4v) is 3.16. The van der Waals surface area contributed by atoms with Crippen molar-refractivity contribution in [2.45, 2.75) is 20.8 Å². The van der Waals surface area contributed by atoms with Gasteiger partial charge in [0.15, 0.2) is 6.61 Å². The van der Waals surface area contributed by atoms with E-state index in [1.807, 2.05) is 61.5 Å². The van der Waals surface area contributed by atoms with E-state index in [0.29, 0.717) is 30.5 Å². The molecule has 0 unspecified atom stereocenters. The Kier molecular flexibility index (Phi) is 7.86. The molecule has 6 heteroatoms. The summed E-state index contributed by atoms with van der Waals surface area (Å²) >= 11 is 0. The molecule has 0 amide bonds. The van der Waals surface area contributed by atoms with Crippen LogP contribution in [0.5, 0.6) is 17.2 Å². The summed E-state index contributed by atoms with van der Waals surface area (Å²) in [5.74, 6) is 1.13. The summed E-state index contributed by atoms with van der Waals surface area (Å²) < 4.78 is 21.6. The Morgan fingerprint density at radius 2 is 1.44 bits per heavy atom. The highest BCUT2D eigenvalue weighted by atomic mass is 16.6. The highest BCUT2D eigenvalue weighted by molar-refractivity contribution is 5.93. The average Bonchev–Trinajstić information content (AvgIpc) is 2.78. The predicted octanol–water partition coefficient (Wildman–Crippen LogP) is 5.54. The second-order valence-electron chi connectivity index (χ2n) is 6.91. The summed E-state index contributed by atoms with van der Waals surface area (Å²) in [6.45, 7) is 5.88. The molecule has 0 atom stereocenters. The fraction of sp³-hybridized carbons (Fsp3) is 0.231. The number of hydrogen-bond acceptors (Lipinski definition) is 6. The molecule has 6 nitrogen and oxygen atoms in total. The summed E-state index contributed by atoms with van der Waals surface area (Å²) in [7, 11) is 0. The van der Waals surface area contributed by atoms with Gasteiger partial charge in [0.05, 0.1) is 13.2 Å². The van der Waals surface area contributed by atoms with Crippen LogP contribution in [0.15, 0.2) is 66.7 Å². The number of ether oxygens (including phenoxy) is 4. The summed E-state index contributed by atoms with van der Waals surface area (Å²) in [5, 5.41) is 1.69. The SMILES string of the molecule is CCOC(=O)C=C(C)c1ccc(Oc2cccc3c(OCC(=O)OCC)cccc23)cc1. The number of fused-ring (bicyclic) bond motifs is 1. The van der Waals surface area contributed by atoms with Crippen molar-refractivity contribution in [3.8, 4) is 17.2 Å². The number of carbonyl (C=O) groups is 2. The predicted molar refractivity (Wildman–Crippen MR) is 123 cm³/mol. The van der Waals surface area contributed by atoms with Crippen molar-refractivity contribution in [2.24, 2.45) is 0 Å². The van der Waals surface area contributed by atoms with Gasteiger partial charge in [0, 0.05) is 16.8 Å². The molecular formula is C26H26O6. The maximum Gasteiger partial charge on any atom is 0.344 e. The van der Waals surface area contributed by atoms with Gasteiger partial charge in [-0.25, -0.2) is 9.59 Å². The first-order chi connectivity index (χ1) is 15.5. The molecule has 3 aromatic rings. The van der Waals surface area contributed by atoms with Crippen molar-refractivity contribution in [1.82, 2.24) is 0 Å². The molecule has 0 spiro atoms. The molecule has 0 aromatic heterocycles. The summed E-state index contributed by atoms with van der Waals surface area (Å²) in [6.07, 6.45) is 1.47. The van der Waals surface area contributed by atoms with E-state index >= 15 is 0 Å². The topological polar surface area (TPSA) is 71.1 Å². The third-order valence-electron chi connectivity index (χ3n) is 4.65. The van der Waals surface area contributed by atoms with Gasteiger partial charge < -0.3 is 18.9 Å². The molecule has 0 aliphatic carbocycles. The number of allylic oxidation sites excluding steroid dienone is 1. The van der Waals surface area contributed by atoms with Crippen LogP contribution in [0.3, 0.4) is 0 Å². The first-order valence-corrected chi connectivity index (χ1v) is 10.4. The lowest BCUT2D eigenvalue weighted by Crippen LogP contribution is -2.14. The average molecular weight is 434 g/mol. The molecule has 0 heterocycles. The van der Waals surface area contributed by atoms with Crippen molar-refractivity contribution in [3.63, 3.8) is 0 Å². The molecule has 0 bridgehead atoms. The van der Waals surface area contributed by atoms with Gasteiger partial charge in [0.2, 0.25) is 0 Å². The minimum atomic E-state index is -0.413. The highest BCUT2D eigenvalue weighted by Gasteiger charge is 2.10. The largest absolute Gasteiger partial charge is 0.481 e. The number of hydrogen-bond donors (Lipinski definition) is 0. The quantitative estimate of drug-likeness (QED) is 0.325. The van der Waals surface area contributed by atoms with Crippen LogP contribution in [0.4, 0.5) is 0 Å². The minimum Gasteiger partial charge on any atom is -0.481 e. The molecule has 0 fully saturated rings. The molecule has 3 aromatic carbocycles. The Morgan fingerprint density at radius 1 is 0.812 bits per heavy atom. The molecule has 32 heavy (non-hydrogen) atoms. The maximum atomic E-state index is 11.6. The van der Waals surface area contributed by atoms with E-state index in [-0.39, 0.29) is 12.6 Å². The summed E-state index contributed by atoms with van der Waals surface area (Å²) in [4.78, 5) is 23.3. The van der Waals surface area contributed by atoms with Gasteiger partial charge in [-0.3, -0.25) is 0 Å². The van der Waals surface area contributed by atoms with Crippen molar-refractivity contribution in [3.05, 3.63) is 72.3 Å². The minimum absolute atomic E-state index is 0.155. The van der Waals surface area contributed by atoms with Crippen molar-refractivity contribution >= 4 is 28.3 Å². The Labute approximate surface area is 187 Å². The van der Waals surface area contributed by atoms with Crippen LogP contribution >= 0.6 is 0 Å². The zero-order valence-electron chi connectivity index (χ0n) is 18.4. The lowest BCUT2D eigenvalue weighted by molar-refractivity contribution is -0.145. The van der Waals surface area contributed by atoms with E-state index in [9.17, 15) is 9.59 Å². The smallest absolute Gasteiger partial charge is 0.344 e. The summed E-state index contributed by atoms with van der Waals surface area (Å²) in [6, 6.07) is 18.7. The summed E-state index contributed by atoms with van der Waals surface area (Å²) in [5.41, 5.74) is 1.71. The third kappa shape index (κ3) is 5.88. The fourth-order valence-electron chi connectivity index (χ4n) is 3.16. The Morgan fingerprint density at radius 3 is 2.09 bits per heavy atom. The van der Waals surface area contributed by atoms with Crippen molar-refractivity contribution in [2.75, 3.05) is 19.8 Å². The lowest BCUT2D eigenvalue weighted by Gasteiger charge is -2.13. The van der Waals surface area contributed by atoms with E-state index < -0.39 is 5.97 Å². The first-order valence-electron chi connectivity index (χ1n) is 10.4. The monoisotopic (exact) mass is 434 g/mol. The van der Waals surface area contributed by atoms with Crippen molar-refractivity contribution in [1.29, 1.82) is 0 Å². The third-order valence-corrected chi connectivity index (χ3v) is 4.65. The number of carbonyl (C=O) groups excluding carboxylic acids is 2. The van der Waals surface area contributed by atoms with Crippen LogP contribution in [0.2, 0.25) is 0 Å². The lowest BCUT2D eigenvalue weighted by atomic mass is 10.1. The van der Waals surface area contributed by atoms with E-state index in [1.54, 1.807) is 19.9 Å². The first kappa shape index (κ1) is 22.9. The Balaban J connectivity index is 1.78. The zero-order chi connectivity index (χ0) is 22.9. The second kappa shape index (κ2) is 11.0. The molecule has 0 aliphatic heterocycles. The molecule has 0 saturated carbocycles. The van der Waals surface area contributed by atoms with Gasteiger partial charge in [-0.1, -0.05) is 36.4 Å². The van der Waals surface area contributed by atoms with Crippen LogP contribution < -0.4 is 9.47 Å². The van der Waals surface area contributed by atoms with Crippen LogP contribution in [-0.2, 0) is 19.1 Å². The van der Waals surface area contributed by atoms with Gasteiger partial charge in [0.25, 0.3) is 0 Å². The number of rotatable bonds is 9. The number of esters is 2. The highest BCUT2D eigenvalue weighted by Crippen LogP contribution is 2.35. The van der Waals surface area contributed by atoms with Crippen LogP contribution in [0.1, 0.15) is 26.3 Å². The van der Waals surface area contributed by atoms with E-state index in [0.717, 1.165) is 21.9 Å². The van der Waals surface area contributed by atoms with Gasteiger partial charge in [-0.15, -0.1) is 0 Å². The number of benzene rings is 3. The maximum absolute atomic E-state index is 11.6. The van der Waals surface area contributed by atoms with E-state index in [2.05, 4.69) is 0 Å². The molecule has 0 radical (unpaired) electrons. The molecule has 0 aliphatic rings. The van der Waals surface area contributed by atoms with E-state index in [4.69, 9.17) is 18.9 Å². The second-order valence-corrected chi connectivity index (χ2v) is 6.91. The normalized spacial score (nSPS) is 11.2. The van der Waals surface area contributed by atoms with Gasteiger partial charge in [-0.05, 0) is 56.2 Å². The van der Waals surface area contributed by atoms with Crippen LogP contribution in [0.25, 0.3) is 16.3 Å².